The molecule has 0 atom stereocenters. The lowest BCUT2D eigenvalue weighted by atomic mass is 10.1. The minimum atomic E-state index is -0.190. The van der Waals surface area contributed by atoms with Gasteiger partial charge in [-0.3, -0.25) is 9.36 Å². The molecule has 0 aliphatic heterocycles. The zero-order valence-corrected chi connectivity index (χ0v) is 15.6. The van der Waals surface area contributed by atoms with Crippen LogP contribution in [0.4, 0.5) is 5.95 Å². The maximum Gasteiger partial charge on any atom is 0.281 e. The summed E-state index contributed by atoms with van der Waals surface area (Å²) < 4.78 is 12.0. The summed E-state index contributed by atoms with van der Waals surface area (Å²) >= 11 is 0. The first-order chi connectivity index (χ1) is 13.1. The molecule has 0 aliphatic carbocycles. The van der Waals surface area contributed by atoms with Crippen molar-refractivity contribution in [2.45, 2.75) is 6.42 Å². The Kier molecular flexibility index (Phi) is 5.71. The van der Waals surface area contributed by atoms with Crippen LogP contribution in [0.2, 0.25) is 0 Å². The average molecular weight is 366 g/mol. The van der Waals surface area contributed by atoms with Crippen molar-refractivity contribution in [2.24, 2.45) is 7.05 Å². The Labute approximate surface area is 157 Å². The molecule has 0 aliphatic rings. The minimum absolute atomic E-state index is 0.190. The average Bonchev–Trinajstić information content (AvgIpc) is 2.71. The lowest BCUT2D eigenvalue weighted by Gasteiger charge is -2.12. The first kappa shape index (κ1) is 18.4. The van der Waals surface area contributed by atoms with Gasteiger partial charge in [-0.25, -0.2) is 0 Å². The van der Waals surface area contributed by atoms with Crippen molar-refractivity contribution in [2.75, 3.05) is 26.1 Å². The van der Waals surface area contributed by atoms with Crippen LogP contribution in [-0.4, -0.2) is 35.5 Å². The van der Waals surface area contributed by atoms with Gasteiger partial charge in [-0.15, -0.1) is 10.2 Å². The monoisotopic (exact) mass is 366 g/mol. The van der Waals surface area contributed by atoms with Crippen molar-refractivity contribution < 1.29 is 9.47 Å². The van der Waals surface area contributed by atoms with Crippen LogP contribution >= 0.6 is 0 Å². The maximum atomic E-state index is 12.6. The van der Waals surface area contributed by atoms with Crippen LogP contribution in [-0.2, 0) is 13.5 Å². The van der Waals surface area contributed by atoms with Gasteiger partial charge in [0.05, 0.1) is 14.2 Å². The minimum Gasteiger partial charge on any atom is -0.493 e. The summed E-state index contributed by atoms with van der Waals surface area (Å²) in [6, 6.07) is 15.1. The number of aromatic nitrogens is 3. The summed E-state index contributed by atoms with van der Waals surface area (Å²) in [6.45, 7) is 0.599. The quantitative estimate of drug-likeness (QED) is 0.692. The molecule has 1 heterocycles. The largest absolute Gasteiger partial charge is 0.493 e. The molecule has 140 valence electrons. The molecule has 0 bridgehead atoms. The molecule has 3 rings (SSSR count). The number of anilines is 1. The fraction of sp³-hybridized carbons (Fsp3) is 0.250. The number of methoxy groups -OCH3 is 2. The highest BCUT2D eigenvalue weighted by molar-refractivity contribution is 5.57. The first-order valence-corrected chi connectivity index (χ1v) is 8.58. The van der Waals surface area contributed by atoms with Gasteiger partial charge >= 0.3 is 0 Å². The number of ether oxygens (including phenoxy) is 2. The highest BCUT2D eigenvalue weighted by Crippen LogP contribution is 2.27. The summed E-state index contributed by atoms with van der Waals surface area (Å²) in [5.74, 6) is 1.81. The number of hydrogen-bond acceptors (Lipinski definition) is 6. The van der Waals surface area contributed by atoms with Gasteiger partial charge in [0.2, 0.25) is 5.95 Å². The molecule has 0 radical (unpaired) electrons. The molecular weight excluding hydrogens is 344 g/mol. The molecule has 0 spiro atoms. The van der Waals surface area contributed by atoms with E-state index >= 15 is 0 Å². The second-order valence-electron chi connectivity index (χ2n) is 5.97. The standard InChI is InChI=1S/C20H22N4O3/c1-24-19(25)18(15-7-5-4-6-8-15)22-23-20(24)21-12-11-14-9-10-16(26-2)17(13-14)27-3/h4-10,13H,11-12H2,1-3H3,(H,21,23). The molecular formula is C20H22N4O3. The summed E-state index contributed by atoms with van der Waals surface area (Å²) in [7, 11) is 4.90. The molecule has 0 saturated heterocycles. The smallest absolute Gasteiger partial charge is 0.281 e. The fourth-order valence-electron chi connectivity index (χ4n) is 2.75. The van der Waals surface area contributed by atoms with Gasteiger partial charge in [-0.2, -0.15) is 0 Å². The Bertz CT molecular complexity index is 971. The third-order valence-electron chi connectivity index (χ3n) is 4.26. The number of benzene rings is 2. The van der Waals surface area contributed by atoms with Crippen LogP contribution in [0.5, 0.6) is 11.5 Å². The second kappa shape index (κ2) is 8.35. The van der Waals surface area contributed by atoms with Crippen LogP contribution in [0.25, 0.3) is 11.3 Å². The van der Waals surface area contributed by atoms with E-state index < -0.39 is 0 Å². The lowest BCUT2D eigenvalue weighted by Crippen LogP contribution is -2.25. The van der Waals surface area contributed by atoms with E-state index in [2.05, 4.69) is 15.5 Å². The Hall–Kier alpha value is -3.35. The van der Waals surface area contributed by atoms with Crippen molar-refractivity contribution in [1.82, 2.24) is 14.8 Å². The predicted octanol–water partition coefficient (Wildman–Crippen LogP) is 2.51. The molecule has 0 amide bonds. The number of nitrogens with one attached hydrogen (secondary N) is 1. The number of nitrogens with zero attached hydrogens (tertiary/aromatic N) is 3. The predicted molar refractivity (Wildman–Crippen MR) is 104 cm³/mol. The van der Waals surface area contributed by atoms with Gasteiger partial charge in [0.1, 0.15) is 0 Å². The van der Waals surface area contributed by atoms with Gasteiger partial charge in [-0.1, -0.05) is 36.4 Å². The van der Waals surface area contributed by atoms with E-state index in [1.165, 1.54) is 4.57 Å². The number of hydrogen-bond donors (Lipinski definition) is 1. The molecule has 7 nitrogen and oxygen atoms in total. The Morgan fingerprint density at radius 1 is 1.00 bits per heavy atom. The highest BCUT2D eigenvalue weighted by Gasteiger charge is 2.11. The Balaban J connectivity index is 1.70. The van der Waals surface area contributed by atoms with Crippen LogP contribution < -0.4 is 20.3 Å². The van der Waals surface area contributed by atoms with Crippen LogP contribution in [0, 0.1) is 0 Å². The van der Waals surface area contributed by atoms with Crippen molar-refractivity contribution >= 4 is 5.95 Å². The van der Waals surface area contributed by atoms with Gasteiger partial charge in [-0.05, 0) is 24.1 Å². The second-order valence-corrected chi connectivity index (χ2v) is 5.97. The van der Waals surface area contributed by atoms with Crippen molar-refractivity contribution in [3.8, 4) is 22.8 Å². The lowest BCUT2D eigenvalue weighted by molar-refractivity contribution is 0.354. The van der Waals surface area contributed by atoms with E-state index in [0.29, 0.717) is 29.7 Å². The van der Waals surface area contributed by atoms with Crippen LogP contribution in [0.3, 0.4) is 0 Å². The van der Waals surface area contributed by atoms with Crippen molar-refractivity contribution in [1.29, 1.82) is 0 Å². The SMILES string of the molecule is COc1ccc(CCNc2nnc(-c3ccccc3)c(=O)n2C)cc1OC. The third kappa shape index (κ3) is 4.08. The van der Waals surface area contributed by atoms with Crippen LogP contribution in [0.15, 0.2) is 53.3 Å². The molecule has 3 aromatic rings. The summed E-state index contributed by atoms with van der Waals surface area (Å²) in [6.07, 6.45) is 0.733. The topological polar surface area (TPSA) is 78.3 Å². The summed E-state index contributed by atoms with van der Waals surface area (Å²) in [4.78, 5) is 12.6. The molecule has 0 unspecified atom stereocenters. The molecule has 0 saturated carbocycles. The van der Waals surface area contributed by atoms with Crippen LogP contribution in [0.1, 0.15) is 5.56 Å². The summed E-state index contributed by atoms with van der Waals surface area (Å²) in [5, 5.41) is 11.4. The van der Waals surface area contributed by atoms with E-state index in [9.17, 15) is 4.79 Å². The zero-order valence-electron chi connectivity index (χ0n) is 15.6. The van der Waals surface area contributed by atoms with E-state index in [1.807, 2.05) is 48.5 Å². The fourth-order valence-corrected chi connectivity index (χ4v) is 2.75. The van der Waals surface area contributed by atoms with Crippen molar-refractivity contribution in [3.63, 3.8) is 0 Å². The van der Waals surface area contributed by atoms with Gasteiger partial charge in [0.15, 0.2) is 17.2 Å². The molecule has 27 heavy (non-hydrogen) atoms. The highest BCUT2D eigenvalue weighted by atomic mass is 16.5. The Morgan fingerprint density at radius 3 is 2.44 bits per heavy atom. The van der Waals surface area contributed by atoms with E-state index in [-0.39, 0.29) is 5.56 Å². The Morgan fingerprint density at radius 2 is 1.74 bits per heavy atom. The van der Waals surface area contributed by atoms with E-state index in [4.69, 9.17) is 9.47 Å². The third-order valence-corrected chi connectivity index (χ3v) is 4.26. The molecule has 7 heteroatoms. The molecule has 1 N–H and O–H groups in total. The normalized spacial score (nSPS) is 10.5. The van der Waals surface area contributed by atoms with E-state index in [1.54, 1.807) is 21.3 Å². The maximum absolute atomic E-state index is 12.6. The van der Waals surface area contributed by atoms with Gasteiger partial charge in [0.25, 0.3) is 5.56 Å². The van der Waals surface area contributed by atoms with Gasteiger partial charge in [0, 0.05) is 19.2 Å². The first-order valence-electron chi connectivity index (χ1n) is 8.58. The molecule has 2 aromatic carbocycles. The van der Waals surface area contributed by atoms with Crippen molar-refractivity contribution in [3.05, 3.63) is 64.4 Å². The molecule has 1 aromatic heterocycles. The molecule has 0 fully saturated rings. The van der Waals surface area contributed by atoms with E-state index in [0.717, 1.165) is 17.5 Å². The zero-order chi connectivity index (χ0) is 19.2. The summed E-state index contributed by atoms with van der Waals surface area (Å²) in [5.41, 5.74) is 1.98. The number of rotatable bonds is 7. The van der Waals surface area contributed by atoms with Gasteiger partial charge < -0.3 is 14.8 Å².